The zero-order valence-electron chi connectivity index (χ0n) is 11.4. The molecule has 0 N–H and O–H groups in total. The Hall–Kier alpha value is -1.10. The standard InChI is InChI=1S/C14H19BrN4/c1-10-3-5-11(6-4-10)18(2)14-13-16-7-8-19(13)9-12(15)17-14/h7-11H,3-6H2,1-2H3. The molecule has 1 saturated carbocycles. The summed E-state index contributed by atoms with van der Waals surface area (Å²) < 4.78 is 2.87. The smallest absolute Gasteiger partial charge is 0.180 e. The molecule has 2 heterocycles. The van der Waals surface area contributed by atoms with E-state index in [9.17, 15) is 0 Å². The summed E-state index contributed by atoms with van der Waals surface area (Å²) >= 11 is 3.48. The van der Waals surface area contributed by atoms with E-state index in [1.807, 2.05) is 23.0 Å². The number of anilines is 1. The van der Waals surface area contributed by atoms with Crippen molar-refractivity contribution in [3.63, 3.8) is 0 Å². The van der Waals surface area contributed by atoms with E-state index >= 15 is 0 Å². The summed E-state index contributed by atoms with van der Waals surface area (Å²) in [6.45, 7) is 2.35. The van der Waals surface area contributed by atoms with Gasteiger partial charge in [0.05, 0.1) is 0 Å². The summed E-state index contributed by atoms with van der Waals surface area (Å²) in [6.07, 6.45) is 10.9. The Morgan fingerprint density at radius 2 is 2.05 bits per heavy atom. The molecule has 2 aromatic heterocycles. The molecule has 4 nitrogen and oxygen atoms in total. The molecule has 3 rings (SSSR count). The first-order chi connectivity index (χ1) is 9.15. The molecule has 1 aliphatic carbocycles. The third-order valence-electron chi connectivity index (χ3n) is 4.19. The maximum atomic E-state index is 4.63. The van der Waals surface area contributed by atoms with E-state index in [1.54, 1.807) is 0 Å². The van der Waals surface area contributed by atoms with E-state index in [1.165, 1.54) is 25.7 Å². The Morgan fingerprint density at radius 1 is 1.32 bits per heavy atom. The van der Waals surface area contributed by atoms with Crippen LogP contribution in [-0.4, -0.2) is 27.5 Å². The Kier molecular flexibility index (Phi) is 3.48. The summed E-state index contributed by atoms with van der Waals surface area (Å²) in [5.41, 5.74) is 0.935. The van der Waals surface area contributed by atoms with Crippen molar-refractivity contribution in [2.75, 3.05) is 11.9 Å². The van der Waals surface area contributed by atoms with Crippen LogP contribution in [0.2, 0.25) is 0 Å². The molecule has 0 amide bonds. The van der Waals surface area contributed by atoms with Gasteiger partial charge in [-0.2, -0.15) is 0 Å². The number of hydrogen-bond acceptors (Lipinski definition) is 3. The van der Waals surface area contributed by atoms with Crippen LogP contribution in [0.5, 0.6) is 0 Å². The number of nitrogens with zero attached hydrogens (tertiary/aromatic N) is 4. The number of rotatable bonds is 2. The molecule has 0 aliphatic heterocycles. The minimum atomic E-state index is 0.582. The zero-order valence-corrected chi connectivity index (χ0v) is 13.0. The highest BCUT2D eigenvalue weighted by Crippen LogP contribution is 2.30. The molecule has 0 unspecified atom stereocenters. The van der Waals surface area contributed by atoms with Crippen LogP contribution in [0, 0.1) is 5.92 Å². The molecule has 1 fully saturated rings. The van der Waals surface area contributed by atoms with E-state index in [2.05, 4.69) is 44.8 Å². The minimum Gasteiger partial charge on any atom is -0.354 e. The van der Waals surface area contributed by atoms with E-state index in [0.29, 0.717) is 6.04 Å². The maximum absolute atomic E-state index is 4.63. The topological polar surface area (TPSA) is 33.4 Å². The van der Waals surface area contributed by atoms with Crippen LogP contribution in [0.25, 0.3) is 5.65 Å². The van der Waals surface area contributed by atoms with Gasteiger partial charge >= 0.3 is 0 Å². The largest absolute Gasteiger partial charge is 0.354 e. The average Bonchev–Trinajstić information content (AvgIpc) is 2.85. The fraction of sp³-hybridized carbons (Fsp3) is 0.571. The van der Waals surface area contributed by atoms with Crippen molar-refractivity contribution in [2.24, 2.45) is 5.92 Å². The van der Waals surface area contributed by atoms with Gasteiger partial charge in [0.25, 0.3) is 0 Å². The van der Waals surface area contributed by atoms with Crippen LogP contribution < -0.4 is 4.90 Å². The molecule has 0 bridgehead atoms. The predicted molar refractivity (Wildman–Crippen MR) is 80.5 cm³/mol. The molecule has 0 aromatic carbocycles. The number of aromatic nitrogens is 3. The molecule has 5 heteroatoms. The van der Waals surface area contributed by atoms with Gasteiger partial charge in [0.1, 0.15) is 4.60 Å². The fourth-order valence-corrected chi connectivity index (χ4v) is 3.31. The first-order valence-corrected chi connectivity index (χ1v) is 7.66. The Balaban J connectivity index is 1.92. The molecular formula is C14H19BrN4. The van der Waals surface area contributed by atoms with Crippen LogP contribution in [0.3, 0.4) is 0 Å². The first kappa shape index (κ1) is 12.9. The molecular weight excluding hydrogens is 304 g/mol. The third-order valence-corrected chi connectivity index (χ3v) is 4.58. The maximum Gasteiger partial charge on any atom is 0.180 e. The van der Waals surface area contributed by atoms with Crippen molar-refractivity contribution in [1.82, 2.24) is 14.4 Å². The van der Waals surface area contributed by atoms with Gasteiger partial charge in [-0.1, -0.05) is 6.92 Å². The van der Waals surface area contributed by atoms with Gasteiger partial charge in [0.2, 0.25) is 0 Å². The monoisotopic (exact) mass is 322 g/mol. The highest BCUT2D eigenvalue weighted by atomic mass is 79.9. The SMILES string of the molecule is CC1CCC(N(C)c2nc(Br)cn3ccnc23)CC1. The van der Waals surface area contributed by atoms with Crippen LogP contribution >= 0.6 is 15.9 Å². The van der Waals surface area contributed by atoms with Crippen molar-refractivity contribution in [2.45, 2.75) is 38.6 Å². The number of imidazole rings is 1. The second kappa shape index (κ2) is 5.12. The summed E-state index contributed by atoms with van der Waals surface area (Å²) in [6, 6.07) is 0.582. The number of hydrogen-bond donors (Lipinski definition) is 0. The minimum absolute atomic E-state index is 0.582. The molecule has 1 aliphatic rings. The quantitative estimate of drug-likeness (QED) is 0.848. The Morgan fingerprint density at radius 3 is 2.79 bits per heavy atom. The van der Waals surface area contributed by atoms with Crippen LogP contribution in [-0.2, 0) is 0 Å². The van der Waals surface area contributed by atoms with Gasteiger partial charge in [0.15, 0.2) is 11.5 Å². The Bertz CT molecular complexity index is 572. The lowest BCUT2D eigenvalue weighted by Gasteiger charge is -2.34. The summed E-state index contributed by atoms with van der Waals surface area (Å²) in [5, 5.41) is 0. The molecule has 19 heavy (non-hydrogen) atoms. The van der Waals surface area contributed by atoms with E-state index in [-0.39, 0.29) is 0 Å². The molecule has 0 atom stereocenters. The third kappa shape index (κ3) is 2.48. The van der Waals surface area contributed by atoms with E-state index < -0.39 is 0 Å². The van der Waals surface area contributed by atoms with Gasteiger partial charge in [-0.15, -0.1) is 0 Å². The normalized spacial score (nSPS) is 23.7. The van der Waals surface area contributed by atoms with Gasteiger partial charge < -0.3 is 9.30 Å². The summed E-state index contributed by atoms with van der Waals surface area (Å²) in [4.78, 5) is 11.4. The lowest BCUT2D eigenvalue weighted by Crippen LogP contribution is -2.35. The van der Waals surface area contributed by atoms with Gasteiger partial charge in [-0.05, 0) is 47.5 Å². The fourth-order valence-electron chi connectivity index (χ4n) is 2.92. The Labute approximate surface area is 122 Å². The van der Waals surface area contributed by atoms with Gasteiger partial charge in [-0.25, -0.2) is 9.97 Å². The van der Waals surface area contributed by atoms with Gasteiger partial charge in [-0.3, -0.25) is 0 Å². The predicted octanol–water partition coefficient (Wildman–Crippen LogP) is 3.51. The van der Waals surface area contributed by atoms with E-state index in [4.69, 9.17) is 0 Å². The molecule has 0 saturated heterocycles. The lowest BCUT2D eigenvalue weighted by molar-refractivity contribution is 0.340. The highest BCUT2D eigenvalue weighted by molar-refractivity contribution is 9.10. The molecule has 0 spiro atoms. The van der Waals surface area contributed by atoms with Crippen molar-refractivity contribution >= 4 is 27.4 Å². The number of halogens is 1. The van der Waals surface area contributed by atoms with Crippen molar-refractivity contribution in [1.29, 1.82) is 0 Å². The van der Waals surface area contributed by atoms with Crippen molar-refractivity contribution in [3.8, 4) is 0 Å². The summed E-state index contributed by atoms with van der Waals surface area (Å²) in [7, 11) is 2.14. The van der Waals surface area contributed by atoms with Crippen molar-refractivity contribution < 1.29 is 0 Å². The average molecular weight is 323 g/mol. The van der Waals surface area contributed by atoms with Crippen LogP contribution in [0.4, 0.5) is 5.82 Å². The molecule has 2 aromatic rings. The zero-order chi connectivity index (χ0) is 13.4. The summed E-state index contributed by atoms with van der Waals surface area (Å²) in [5.74, 6) is 1.84. The molecule has 102 valence electrons. The second-order valence-corrected chi connectivity index (χ2v) is 6.38. The first-order valence-electron chi connectivity index (χ1n) is 6.87. The van der Waals surface area contributed by atoms with Crippen LogP contribution in [0.1, 0.15) is 32.6 Å². The second-order valence-electron chi connectivity index (χ2n) is 5.57. The highest BCUT2D eigenvalue weighted by Gasteiger charge is 2.24. The van der Waals surface area contributed by atoms with Gasteiger partial charge in [0, 0.05) is 31.7 Å². The lowest BCUT2D eigenvalue weighted by atomic mass is 9.87. The van der Waals surface area contributed by atoms with Crippen molar-refractivity contribution in [3.05, 3.63) is 23.2 Å². The van der Waals surface area contributed by atoms with Crippen LogP contribution in [0.15, 0.2) is 23.2 Å². The number of fused-ring (bicyclic) bond motifs is 1. The molecule has 0 radical (unpaired) electrons. The van der Waals surface area contributed by atoms with E-state index in [0.717, 1.165) is 22.0 Å².